The van der Waals surface area contributed by atoms with E-state index in [2.05, 4.69) is 20.5 Å². The average molecular weight is 245 g/mol. The van der Waals surface area contributed by atoms with Crippen LogP contribution in [0.25, 0.3) is 5.65 Å². The first-order chi connectivity index (χ1) is 8.08. The summed E-state index contributed by atoms with van der Waals surface area (Å²) in [5, 5.41) is 17.3. The van der Waals surface area contributed by atoms with Crippen LogP contribution in [-0.4, -0.2) is 43.8 Å². The summed E-state index contributed by atoms with van der Waals surface area (Å²) >= 11 is 0. The number of nitrogens with zero attached hydrogens (tertiary/aromatic N) is 3. The summed E-state index contributed by atoms with van der Waals surface area (Å²) in [5.41, 5.74) is -0.134. The molecule has 0 spiro atoms. The van der Waals surface area contributed by atoms with E-state index in [9.17, 15) is 13.6 Å². The highest BCUT2D eigenvalue weighted by Gasteiger charge is 2.16. The maximum absolute atomic E-state index is 12.0. The predicted octanol–water partition coefficient (Wildman–Crippen LogP) is -0.545. The molecule has 7 nitrogen and oxygen atoms in total. The zero-order valence-electron chi connectivity index (χ0n) is 8.47. The zero-order chi connectivity index (χ0) is 12.4. The van der Waals surface area contributed by atoms with Crippen molar-refractivity contribution in [1.82, 2.24) is 19.6 Å². The van der Waals surface area contributed by atoms with E-state index in [1.165, 1.54) is 12.4 Å². The van der Waals surface area contributed by atoms with Crippen molar-refractivity contribution in [2.45, 2.75) is 12.5 Å². The number of rotatable bonds is 4. The third kappa shape index (κ3) is 2.38. The van der Waals surface area contributed by atoms with Crippen LogP contribution in [0.3, 0.4) is 0 Å². The Morgan fingerprint density at radius 3 is 3.06 bits per heavy atom. The number of aromatic nitrogens is 4. The molecule has 0 aromatic carbocycles. The second-order valence-electron chi connectivity index (χ2n) is 3.31. The van der Waals surface area contributed by atoms with Crippen LogP contribution >= 0.6 is 0 Å². The number of fused-ring (bicyclic) bond motifs is 1. The molecular weight excluding hydrogens is 236 g/mol. The summed E-state index contributed by atoms with van der Waals surface area (Å²) in [7, 11) is 0. The van der Waals surface area contributed by atoms with Crippen molar-refractivity contribution in [2.24, 2.45) is 0 Å². The highest BCUT2D eigenvalue weighted by Crippen LogP contribution is 2.06. The van der Waals surface area contributed by atoms with Gasteiger partial charge in [0.1, 0.15) is 18.2 Å². The number of hydrogen-bond donors (Lipinski definition) is 3. The van der Waals surface area contributed by atoms with E-state index < -0.39 is 18.2 Å². The molecule has 2 aromatic rings. The molecule has 2 aromatic heterocycles. The fraction of sp³-hybridized carbons (Fsp3) is 0.375. The van der Waals surface area contributed by atoms with Crippen molar-refractivity contribution in [3.63, 3.8) is 0 Å². The molecule has 0 amide bonds. The SMILES string of the molecule is O=c1[nH]nc2cc(NCC(O)C(F)F)ncn12. The van der Waals surface area contributed by atoms with Crippen molar-refractivity contribution in [1.29, 1.82) is 0 Å². The molecule has 2 rings (SSSR count). The molecule has 9 heteroatoms. The number of H-pyrrole nitrogens is 1. The van der Waals surface area contributed by atoms with Gasteiger partial charge in [-0.15, -0.1) is 0 Å². The number of aromatic amines is 1. The first-order valence-corrected chi connectivity index (χ1v) is 4.71. The van der Waals surface area contributed by atoms with E-state index in [1.54, 1.807) is 0 Å². The third-order valence-corrected chi connectivity index (χ3v) is 2.09. The van der Waals surface area contributed by atoms with Gasteiger partial charge in [0.25, 0.3) is 6.43 Å². The average Bonchev–Trinajstić information content (AvgIpc) is 2.67. The van der Waals surface area contributed by atoms with E-state index >= 15 is 0 Å². The lowest BCUT2D eigenvalue weighted by Gasteiger charge is -2.10. The summed E-state index contributed by atoms with van der Waals surface area (Å²) in [6.07, 6.45) is -3.38. The number of alkyl halides is 2. The molecule has 1 atom stereocenters. The quantitative estimate of drug-likeness (QED) is 0.672. The number of aliphatic hydroxyl groups is 1. The summed E-state index contributed by atoms with van der Waals surface area (Å²) < 4.78 is 25.2. The van der Waals surface area contributed by atoms with Gasteiger partial charge >= 0.3 is 5.69 Å². The lowest BCUT2D eigenvalue weighted by molar-refractivity contribution is 0.00381. The van der Waals surface area contributed by atoms with E-state index in [-0.39, 0.29) is 12.4 Å². The highest BCUT2D eigenvalue weighted by atomic mass is 19.3. The molecule has 0 fully saturated rings. The molecule has 0 aliphatic heterocycles. The molecule has 0 saturated heterocycles. The van der Waals surface area contributed by atoms with Crippen LogP contribution in [0.1, 0.15) is 0 Å². The maximum Gasteiger partial charge on any atom is 0.348 e. The van der Waals surface area contributed by atoms with Gasteiger partial charge in [-0.05, 0) is 0 Å². The lowest BCUT2D eigenvalue weighted by atomic mass is 10.3. The molecule has 0 bridgehead atoms. The number of nitrogens with one attached hydrogen (secondary N) is 2. The highest BCUT2D eigenvalue weighted by molar-refractivity contribution is 5.48. The van der Waals surface area contributed by atoms with Gasteiger partial charge < -0.3 is 10.4 Å². The van der Waals surface area contributed by atoms with Crippen molar-refractivity contribution in [2.75, 3.05) is 11.9 Å². The molecule has 17 heavy (non-hydrogen) atoms. The second kappa shape index (κ2) is 4.45. The Hall–Kier alpha value is -2.03. The van der Waals surface area contributed by atoms with Crippen LogP contribution < -0.4 is 11.0 Å². The predicted molar refractivity (Wildman–Crippen MR) is 54.1 cm³/mol. The smallest absolute Gasteiger partial charge is 0.348 e. The minimum atomic E-state index is -2.82. The Morgan fingerprint density at radius 1 is 1.59 bits per heavy atom. The Kier molecular flexibility index (Phi) is 3.00. The van der Waals surface area contributed by atoms with Gasteiger partial charge in [0.2, 0.25) is 0 Å². The molecule has 0 aliphatic rings. The molecule has 0 radical (unpaired) electrons. The molecule has 0 aliphatic carbocycles. The van der Waals surface area contributed by atoms with Crippen LogP contribution in [0.2, 0.25) is 0 Å². The topological polar surface area (TPSA) is 95.3 Å². The summed E-state index contributed by atoms with van der Waals surface area (Å²) in [5.74, 6) is 0.246. The fourth-order valence-electron chi connectivity index (χ4n) is 1.20. The molecule has 2 heterocycles. The summed E-state index contributed by atoms with van der Waals surface area (Å²) in [6, 6.07) is 1.40. The minimum absolute atomic E-state index is 0.246. The van der Waals surface area contributed by atoms with Crippen LogP contribution in [0.4, 0.5) is 14.6 Å². The van der Waals surface area contributed by atoms with Crippen molar-refractivity contribution in [3.05, 3.63) is 22.9 Å². The molecule has 0 saturated carbocycles. The maximum atomic E-state index is 12.0. The monoisotopic (exact) mass is 245 g/mol. The van der Waals surface area contributed by atoms with Crippen molar-refractivity contribution < 1.29 is 13.9 Å². The number of hydrogen-bond acceptors (Lipinski definition) is 5. The van der Waals surface area contributed by atoms with Crippen molar-refractivity contribution >= 4 is 11.5 Å². The van der Waals surface area contributed by atoms with Crippen LogP contribution in [0.5, 0.6) is 0 Å². The molecule has 92 valence electrons. The van der Waals surface area contributed by atoms with Gasteiger partial charge in [0.15, 0.2) is 5.65 Å². The lowest BCUT2D eigenvalue weighted by Crippen LogP contribution is -2.27. The molecular formula is C8H9F2N5O2. The number of aliphatic hydroxyl groups excluding tert-OH is 1. The van der Waals surface area contributed by atoms with Crippen molar-refractivity contribution in [3.8, 4) is 0 Å². The van der Waals surface area contributed by atoms with Crippen LogP contribution in [0, 0.1) is 0 Å². The second-order valence-corrected chi connectivity index (χ2v) is 3.31. The third-order valence-electron chi connectivity index (χ3n) is 2.09. The Balaban J connectivity index is 2.12. The van der Waals surface area contributed by atoms with Gasteiger partial charge in [-0.3, -0.25) is 0 Å². The zero-order valence-corrected chi connectivity index (χ0v) is 8.47. The summed E-state index contributed by atoms with van der Waals surface area (Å²) in [6.45, 7) is -0.338. The number of anilines is 1. The van der Waals surface area contributed by atoms with Gasteiger partial charge in [-0.2, -0.15) is 5.10 Å². The molecule has 3 N–H and O–H groups in total. The van der Waals surface area contributed by atoms with E-state index in [0.29, 0.717) is 5.65 Å². The first kappa shape index (κ1) is 11.5. The van der Waals surface area contributed by atoms with E-state index in [4.69, 9.17) is 5.11 Å². The van der Waals surface area contributed by atoms with E-state index in [1.807, 2.05) is 0 Å². The summed E-state index contributed by atoms with van der Waals surface area (Å²) in [4.78, 5) is 14.9. The van der Waals surface area contributed by atoms with E-state index in [0.717, 1.165) is 4.40 Å². The standard InChI is InChI=1S/C8H9F2N5O2/c9-7(10)4(16)2-11-5-1-6-13-14-8(17)15(6)3-12-5/h1,3-4,7,11,16H,2H2,(H,14,17). The fourth-order valence-corrected chi connectivity index (χ4v) is 1.20. The van der Waals surface area contributed by atoms with Gasteiger partial charge in [0.05, 0.1) is 0 Å². The minimum Gasteiger partial charge on any atom is -0.385 e. The van der Waals surface area contributed by atoms with Crippen LogP contribution in [0.15, 0.2) is 17.2 Å². The first-order valence-electron chi connectivity index (χ1n) is 4.71. The Morgan fingerprint density at radius 2 is 2.35 bits per heavy atom. The van der Waals surface area contributed by atoms with Gasteiger partial charge in [-0.25, -0.2) is 28.1 Å². The van der Waals surface area contributed by atoms with Gasteiger partial charge in [-0.1, -0.05) is 0 Å². The normalized spacial score (nSPS) is 13.2. The Bertz CT molecular complexity index is 566. The largest absolute Gasteiger partial charge is 0.385 e. The Labute approximate surface area is 93.1 Å². The van der Waals surface area contributed by atoms with Crippen LogP contribution in [-0.2, 0) is 0 Å². The molecule has 1 unspecified atom stereocenters. The van der Waals surface area contributed by atoms with Gasteiger partial charge in [0, 0.05) is 12.6 Å². The number of halogens is 2.